The van der Waals surface area contributed by atoms with E-state index in [0.717, 1.165) is 37.1 Å². The molecule has 0 saturated carbocycles. The molecule has 0 amide bonds. The Bertz CT molecular complexity index is 701. The third-order valence-electron chi connectivity index (χ3n) is 5.28. The van der Waals surface area contributed by atoms with Crippen LogP contribution in [-0.2, 0) is 12.8 Å². The minimum atomic E-state index is 0.163. The van der Waals surface area contributed by atoms with Crippen LogP contribution in [0.25, 0.3) is 0 Å². The van der Waals surface area contributed by atoms with Crippen LogP contribution in [0.5, 0.6) is 0 Å². The van der Waals surface area contributed by atoms with Gasteiger partial charge in [0.2, 0.25) is 0 Å². The van der Waals surface area contributed by atoms with Crippen molar-refractivity contribution in [2.45, 2.75) is 52.0 Å². The van der Waals surface area contributed by atoms with Crippen LogP contribution >= 0.6 is 0 Å². The summed E-state index contributed by atoms with van der Waals surface area (Å²) in [7, 11) is 0. The Kier molecular flexibility index (Phi) is 6.04. The van der Waals surface area contributed by atoms with Crippen molar-refractivity contribution in [3.8, 4) is 0 Å². The Morgan fingerprint density at radius 2 is 1.72 bits per heavy atom. The van der Waals surface area contributed by atoms with E-state index in [-0.39, 0.29) is 5.78 Å². The van der Waals surface area contributed by atoms with Gasteiger partial charge in [-0.15, -0.1) is 0 Å². The van der Waals surface area contributed by atoms with Crippen molar-refractivity contribution in [2.75, 3.05) is 13.1 Å². The van der Waals surface area contributed by atoms with E-state index in [2.05, 4.69) is 24.8 Å². The molecule has 0 spiro atoms. The second-order valence-corrected chi connectivity index (χ2v) is 7.07. The lowest BCUT2D eigenvalue weighted by Crippen LogP contribution is -2.40. The fourth-order valence-electron chi connectivity index (χ4n) is 4.09. The zero-order valence-corrected chi connectivity index (χ0v) is 15.5. The van der Waals surface area contributed by atoms with Crippen molar-refractivity contribution in [3.05, 3.63) is 70.8 Å². The number of ketones is 1. The lowest BCUT2D eigenvalue weighted by molar-refractivity contribution is 0.103. The van der Waals surface area contributed by atoms with Gasteiger partial charge in [0, 0.05) is 17.2 Å². The molecule has 0 N–H and O–H groups in total. The number of carbonyl (C=O) groups is 1. The first-order valence-corrected chi connectivity index (χ1v) is 9.69. The summed E-state index contributed by atoms with van der Waals surface area (Å²) in [5.41, 5.74) is 4.34. The van der Waals surface area contributed by atoms with E-state index >= 15 is 0 Å². The second kappa shape index (κ2) is 8.44. The van der Waals surface area contributed by atoms with Gasteiger partial charge in [-0.1, -0.05) is 62.4 Å². The van der Waals surface area contributed by atoms with E-state index in [1.54, 1.807) is 0 Å². The predicted molar refractivity (Wildman–Crippen MR) is 104 cm³/mol. The Balaban J connectivity index is 1.89. The molecule has 1 atom stereocenters. The number of benzene rings is 2. The molecule has 0 aromatic heterocycles. The molecule has 132 valence electrons. The summed E-state index contributed by atoms with van der Waals surface area (Å²) < 4.78 is 0. The molecule has 0 aliphatic heterocycles. The lowest BCUT2D eigenvalue weighted by atomic mass is 9.82. The third kappa shape index (κ3) is 4.01. The number of nitrogens with zero attached hydrogens (tertiary/aromatic N) is 1. The van der Waals surface area contributed by atoms with E-state index in [1.807, 2.05) is 42.5 Å². The van der Waals surface area contributed by atoms with Crippen molar-refractivity contribution in [1.82, 2.24) is 4.90 Å². The number of rotatable bonds is 7. The average Bonchev–Trinajstić information content (AvgIpc) is 2.67. The summed E-state index contributed by atoms with van der Waals surface area (Å²) in [5, 5.41) is 0. The maximum Gasteiger partial charge on any atom is 0.193 e. The standard InChI is InChI=1S/C23H29NO/c1-3-15-24(16-4-2)20-14-13-18-11-8-12-21(22(18)17-20)23(25)19-9-6-5-7-10-19/h5-12,20H,3-4,13-17H2,1-2H3/t20-/m1/s1. The zero-order valence-electron chi connectivity index (χ0n) is 15.5. The summed E-state index contributed by atoms with van der Waals surface area (Å²) in [6.45, 7) is 6.82. The van der Waals surface area contributed by atoms with Gasteiger partial charge in [0.1, 0.15) is 0 Å². The second-order valence-electron chi connectivity index (χ2n) is 7.07. The van der Waals surface area contributed by atoms with Gasteiger partial charge in [-0.05, 0) is 56.3 Å². The van der Waals surface area contributed by atoms with Gasteiger partial charge in [-0.2, -0.15) is 0 Å². The maximum absolute atomic E-state index is 13.0. The lowest BCUT2D eigenvalue weighted by Gasteiger charge is -2.35. The molecule has 0 heterocycles. The fourth-order valence-corrected chi connectivity index (χ4v) is 4.09. The minimum absolute atomic E-state index is 0.163. The molecule has 2 aromatic rings. The molecule has 2 heteroatoms. The maximum atomic E-state index is 13.0. The Hall–Kier alpha value is -1.93. The monoisotopic (exact) mass is 335 g/mol. The summed E-state index contributed by atoms with van der Waals surface area (Å²) in [6.07, 6.45) is 5.67. The van der Waals surface area contributed by atoms with Crippen LogP contribution in [0.15, 0.2) is 48.5 Å². The van der Waals surface area contributed by atoms with Gasteiger partial charge in [0.05, 0.1) is 0 Å². The summed E-state index contributed by atoms with van der Waals surface area (Å²) in [4.78, 5) is 15.7. The fraction of sp³-hybridized carbons (Fsp3) is 0.435. The van der Waals surface area contributed by atoms with Crippen molar-refractivity contribution >= 4 is 5.78 Å². The van der Waals surface area contributed by atoms with Crippen molar-refractivity contribution in [1.29, 1.82) is 0 Å². The van der Waals surface area contributed by atoms with Gasteiger partial charge in [-0.25, -0.2) is 0 Å². The predicted octanol–water partition coefficient (Wildman–Crippen LogP) is 4.90. The van der Waals surface area contributed by atoms with E-state index in [4.69, 9.17) is 0 Å². The highest BCUT2D eigenvalue weighted by atomic mass is 16.1. The first kappa shape index (κ1) is 17.9. The van der Waals surface area contributed by atoms with Crippen molar-refractivity contribution in [3.63, 3.8) is 0 Å². The molecule has 0 bridgehead atoms. The largest absolute Gasteiger partial charge is 0.300 e. The molecule has 1 aliphatic carbocycles. The molecule has 3 rings (SSSR count). The molecule has 2 aromatic carbocycles. The quantitative estimate of drug-likeness (QED) is 0.671. The first-order valence-electron chi connectivity index (χ1n) is 9.69. The molecule has 1 aliphatic rings. The van der Waals surface area contributed by atoms with E-state index in [0.29, 0.717) is 6.04 Å². The third-order valence-corrected chi connectivity index (χ3v) is 5.28. The highest BCUT2D eigenvalue weighted by Gasteiger charge is 2.26. The highest BCUT2D eigenvalue weighted by Crippen LogP contribution is 2.29. The Morgan fingerprint density at radius 1 is 1.00 bits per heavy atom. The SMILES string of the molecule is CCCN(CCC)[C@@H]1CCc2cccc(C(=O)c3ccccc3)c2C1. The smallest absolute Gasteiger partial charge is 0.193 e. The Labute approximate surface area is 151 Å². The van der Waals surface area contributed by atoms with Crippen LogP contribution in [0.2, 0.25) is 0 Å². The number of hydrogen-bond donors (Lipinski definition) is 0. The summed E-state index contributed by atoms with van der Waals surface area (Å²) in [6, 6.07) is 16.5. The van der Waals surface area contributed by atoms with E-state index in [1.165, 1.54) is 30.4 Å². The van der Waals surface area contributed by atoms with Crippen LogP contribution in [0.1, 0.15) is 60.2 Å². The normalized spacial score (nSPS) is 16.7. The van der Waals surface area contributed by atoms with Crippen LogP contribution < -0.4 is 0 Å². The van der Waals surface area contributed by atoms with Gasteiger partial charge < -0.3 is 4.90 Å². The van der Waals surface area contributed by atoms with Gasteiger partial charge in [-0.3, -0.25) is 4.79 Å². The molecule has 0 fully saturated rings. The molecule has 2 nitrogen and oxygen atoms in total. The number of fused-ring (bicyclic) bond motifs is 1. The van der Waals surface area contributed by atoms with E-state index < -0.39 is 0 Å². The van der Waals surface area contributed by atoms with Crippen LogP contribution in [0.3, 0.4) is 0 Å². The van der Waals surface area contributed by atoms with Crippen LogP contribution in [-0.4, -0.2) is 29.8 Å². The van der Waals surface area contributed by atoms with Crippen molar-refractivity contribution in [2.24, 2.45) is 0 Å². The highest BCUT2D eigenvalue weighted by molar-refractivity contribution is 6.10. The zero-order chi connectivity index (χ0) is 17.6. The molecule has 0 radical (unpaired) electrons. The first-order chi connectivity index (χ1) is 12.2. The number of aryl methyl sites for hydroxylation is 1. The molecule has 25 heavy (non-hydrogen) atoms. The number of carbonyl (C=O) groups excluding carboxylic acids is 1. The average molecular weight is 335 g/mol. The van der Waals surface area contributed by atoms with Crippen molar-refractivity contribution < 1.29 is 4.79 Å². The van der Waals surface area contributed by atoms with Crippen LogP contribution in [0, 0.1) is 0 Å². The molecule has 0 unspecified atom stereocenters. The molecular weight excluding hydrogens is 306 g/mol. The minimum Gasteiger partial charge on any atom is -0.300 e. The van der Waals surface area contributed by atoms with Crippen LogP contribution in [0.4, 0.5) is 0 Å². The Morgan fingerprint density at radius 3 is 2.40 bits per heavy atom. The summed E-state index contributed by atoms with van der Waals surface area (Å²) >= 11 is 0. The van der Waals surface area contributed by atoms with Gasteiger partial charge >= 0.3 is 0 Å². The molecular formula is C23H29NO. The van der Waals surface area contributed by atoms with Gasteiger partial charge in [0.25, 0.3) is 0 Å². The topological polar surface area (TPSA) is 20.3 Å². The van der Waals surface area contributed by atoms with Gasteiger partial charge in [0.15, 0.2) is 5.78 Å². The van der Waals surface area contributed by atoms with E-state index in [9.17, 15) is 4.79 Å². The summed E-state index contributed by atoms with van der Waals surface area (Å²) in [5.74, 6) is 0.163. The molecule has 0 saturated heterocycles. The number of hydrogen-bond acceptors (Lipinski definition) is 2.